The van der Waals surface area contributed by atoms with Crippen LogP contribution < -0.4 is 5.32 Å². The Balaban J connectivity index is 1.50. The number of hydrogen-bond donors (Lipinski definition) is 1. The van der Waals surface area contributed by atoms with Gasteiger partial charge in [0.1, 0.15) is 5.82 Å². The van der Waals surface area contributed by atoms with Crippen LogP contribution in [0.3, 0.4) is 0 Å². The van der Waals surface area contributed by atoms with Crippen molar-refractivity contribution < 1.29 is 9.18 Å². The van der Waals surface area contributed by atoms with Gasteiger partial charge in [-0.3, -0.25) is 4.90 Å². The van der Waals surface area contributed by atoms with Crippen molar-refractivity contribution in [1.82, 2.24) is 9.80 Å². The fraction of sp³-hybridized carbons (Fsp3) is 0.350. The Morgan fingerprint density at radius 2 is 1.72 bits per heavy atom. The predicted molar refractivity (Wildman–Crippen MR) is 98.2 cm³/mol. The van der Waals surface area contributed by atoms with Gasteiger partial charge in [-0.05, 0) is 37.1 Å². The van der Waals surface area contributed by atoms with Gasteiger partial charge in [0.2, 0.25) is 0 Å². The minimum atomic E-state index is -0.305. The first-order valence-electron chi connectivity index (χ1n) is 8.61. The summed E-state index contributed by atoms with van der Waals surface area (Å²) in [5.74, 6) is -0.305. The van der Waals surface area contributed by atoms with E-state index in [0.717, 1.165) is 19.6 Å². The van der Waals surface area contributed by atoms with Gasteiger partial charge in [0.15, 0.2) is 0 Å². The molecule has 1 N–H and O–H groups in total. The number of halogens is 1. The average molecular weight is 341 g/mol. The summed E-state index contributed by atoms with van der Waals surface area (Å²) < 4.78 is 13.6. The lowest BCUT2D eigenvalue weighted by molar-refractivity contribution is 0.143. The molecule has 0 radical (unpaired) electrons. The highest BCUT2D eigenvalue weighted by Gasteiger charge is 2.21. The minimum absolute atomic E-state index is 0.168. The van der Waals surface area contributed by atoms with Crippen molar-refractivity contribution >= 4 is 11.7 Å². The van der Waals surface area contributed by atoms with E-state index in [4.69, 9.17) is 0 Å². The molecular weight excluding hydrogens is 317 g/mol. The third-order valence-electron chi connectivity index (χ3n) is 4.61. The summed E-state index contributed by atoms with van der Waals surface area (Å²) in [6, 6.07) is 13.1. The van der Waals surface area contributed by atoms with E-state index in [2.05, 4.69) is 41.4 Å². The van der Waals surface area contributed by atoms with Crippen LogP contribution in [0.4, 0.5) is 14.9 Å². The van der Waals surface area contributed by atoms with Crippen molar-refractivity contribution in [3.63, 3.8) is 0 Å². The maximum atomic E-state index is 13.6. The van der Waals surface area contributed by atoms with Gasteiger partial charge >= 0.3 is 6.03 Å². The molecule has 0 spiro atoms. The standard InChI is InChI=1S/C20H24FN3O/c1-15-3-6-17(7-4-15)14-23-9-11-24(12-10-23)20(25)22-18-8-5-16(2)19(21)13-18/h3-8,13H,9-12,14H2,1-2H3,(H,22,25). The number of hydrogen-bond acceptors (Lipinski definition) is 2. The number of carbonyl (C=O) groups is 1. The Bertz CT molecular complexity index is 737. The quantitative estimate of drug-likeness (QED) is 0.922. The number of benzene rings is 2. The number of amides is 2. The number of nitrogens with one attached hydrogen (secondary N) is 1. The van der Waals surface area contributed by atoms with Crippen LogP contribution in [-0.2, 0) is 6.54 Å². The van der Waals surface area contributed by atoms with Crippen LogP contribution in [0.2, 0.25) is 0 Å². The summed E-state index contributed by atoms with van der Waals surface area (Å²) in [5, 5.41) is 2.78. The fourth-order valence-electron chi connectivity index (χ4n) is 2.93. The van der Waals surface area contributed by atoms with Crippen LogP contribution in [0.25, 0.3) is 0 Å². The molecule has 0 unspecified atom stereocenters. The van der Waals surface area contributed by atoms with Gasteiger partial charge in [-0.2, -0.15) is 0 Å². The fourth-order valence-corrected chi connectivity index (χ4v) is 2.93. The lowest BCUT2D eigenvalue weighted by Crippen LogP contribution is -2.49. The molecule has 1 saturated heterocycles. The number of carbonyl (C=O) groups excluding carboxylic acids is 1. The molecule has 3 rings (SSSR count). The Hall–Kier alpha value is -2.40. The van der Waals surface area contributed by atoms with E-state index < -0.39 is 0 Å². The number of anilines is 1. The van der Waals surface area contributed by atoms with Gasteiger partial charge in [0.25, 0.3) is 0 Å². The van der Waals surface area contributed by atoms with E-state index in [1.807, 2.05) is 0 Å². The number of aryl methyl sites for hydroxylation is 2. The zero-order chi connectivity index (χ0) is 17.8. The van der Waals surface area contributed by atoms with Crippen molar-refractivity contribution in [1.29, 1.82) is 0 Å². The van der Waals surface area contributed by atoms with Gasteiger partial charge < -0.3 is 10.2 Å². The van der Waals surface area contributed by atoms with Crippen LogP contribution in [-0.4, -0.2) is 42.0 Å². The Labute approximate surface area is 148 Å². The smallest absolute Gasteiger partial charge is 0.321 e. The van der Waals surface area contributed by atoms with E-state index in [9.17, 15) is 9.18 Å². The molecule has 132 valence electrons. The van der Waals surface area contributed by atoms with E-state index in [-0.39, 0.29) is 11.8 Å². The topological polar surface area (TPSA) is 35.6 Å². The van der Waals surface area contributed by atoms with Gasteiger partial charge in [-0.25, -0.2) is 9.18 Å². The highest BCUT2D eigenvalue weighted by molar-refractivity contribution is 5.89. The molecule has 2 amide bonds. The van der Waals surface area contributed by atoms with Crippen LogP contribution in [0, 0.1) is 19.7 Å². The van der Waals surface area contributed by atoms with Gasteiger partial charge in [-0.15, -0.1) is 0 Å². The second kappa shape index (κ2) is 7.66. The normalized spacial score (nSPS) is 15.2. The van der Waals surface area contributed by atoms with Crippen molar-refractivity contribution in [2.75, 3.05) is 31.5 Å². The number of urea groups is 1. The summed E-state index contributed by atoms with van der Waals surface area (Å²) in [5.41, 5.74) is 3.62. The van der Waals surface area contributed by atoms with E-state index in [0.29, 0.717) is 24.3 Å². The van der Waals surface area contributed by atoms with E-state index >= 15 is 0 Å². The molecule has 1 aliphatic rings. The summed E-state index contributed by atoms with van der Waals surface area (Å²) in [7, 11) is 0. The Morgan fingerprint density at radius 1 is 1.04 bits per heavy atom. The molecule has 1 heterocycles. The molecule has 2 aromatic carbocycles. The van der Waals surface area contributed by atoms with Gasteiger partial charge in [0.05, 0.1) is 0 Å². The first-order chi connectivity index (χ1) is 12.0. The molecule has 0 atom stereocenters. The first kappa shape index (κ1) is 17.4. The molecule has 0 saturated carbocycles. The van der Waals surface area contributed by atoms with Crippen LogP contribution in [0.1, 0.15) is 16.7 Å². The maximum Gasteiger partial charge on any atom is 0.321 e. The maximum absolute atomic E-state index is 13.6. The van der Waals surface area contributed by atoms with Crippen molar-refractivity contribution in [3.8, 4) is 0 Å². The highest BCUT2D eigenvalue weighted by Crippen LogP contribution is 2.15. The molecule has 0 bridgehead atoms. The van der Waals surface area contributed by atoms with Crippen LogP contribution in [0.15, 0.2) is 42.5 Å². The van der Waals surface area contributed by atoms with Crippen LogP contribution in [0.5, 0.6) is 0 Å². The molecule has 2 aromatic rings. The molecule has 0 aliphatic carbocycles. The second-order valence-electron chi connectivity index (χ2n) is 6.64. The highest BCUT2D eigenvalue weighted by atomic mass is 19.1. The lowest BCUT2D eigenvalue weighted by atomic mass is 10.1. The average Bonchev–Trinajstić information content (AvgIpc) is 2.61. The summed E-state index contributed by atoms with van der Waals surface area (Å²) in [6.07, 6.45) is 0. The molecular formula is C20H24FN3O. The minimum Gasteiger partial charge on any atom is -0.322 e. The Morgan fingerprint density at radius 3 is 2.36 bits per heavy atom. The molecule has 5 heteroatoms. The van der Waals surface area contributed by atoms with Gasteiger partial charge in [0, 0.05) is 38.4 Å². The molecule has 0 aromatic heterocycles. The lowest BCUT2D eigenvalue weighted by Gasteiger charge is -2.34. The van der Waals surface area contributed by atoms with E-state index in [1.165, 1.54) is 17.2 Å². The number of nitrogens with zero attached hydrogens (tertiary/aromatic N) is 2. The zero-order valence-electron chi connectivity index (χ0n) is 14.8. The monoisotopic (exact) mass is 341 g/mol. The molecule has 1 fully saturated rings. The SMILES string of the molecule is Cc1ccc(CN2CCN(C(=O)Nc3ccc(C)c(F)c3)CC2)cc1. The number of piperazine rings is 1. The van der Waals surface area contributed by atoms with Crippen LogP contribution >= 0.6 is 0 Å². The van der Waals surface area contributed by atoms with Crippen molar-refractivity contribution in [2.24, 2.45) is 0 Å². The third kappa shape index (κ3) is 4.57. The van der Waals surface area contributed by atoms with Crippen molar-refractivity contribution in [3.05, 3.63) is 65.0 Å². The summed E-state index contributed by atoms with van der Waals surface area (Å²) in [6.45, 7) is 7.71. The molecule has 4 nitrogen and oxygen atoms in total. The molecule has 25 heavy (non-hydrogen) atoms. The zero-order valence-corrected chi connectivity index (χ0v) is 14.8. The van der Waals surface area contributed by atoms with Gasteiger partial charge in [-0.1, -0.05) is 35.9 Å². The summed E-state index contributed by atoms with van der Waals surface area (Å²) in [4.78, 5) is 16.5. The first-order valence-corrected chi connectivity index (χ1v) is 8.61. The summed E-state index contributed by atoms with van der Waals surface area (Å²) >= 11 is 0. The predicted octanol–water partition coefficient (Wildman–Crippen LogP) is 3.79. The van der Waals surface area contributed by atoms with Crippen molar-refractivity contribution in [2.45, 2.75) is 20.4 Å². The molecule has 1 aliphatic heterocycles. The van der Waals surface area contributed by atoms with E-state index in [1.54, 1.807) is 24.0 Å². The third-order valence-corrected chi connectivity index (χ3v) is 4.61. The Kier molecular flexibility index (Phi) is 5.34. The second-order valence-corrected chi connectivity index (χ2v) is 6.64. The number of rotatable bonds is 3. The largest absolute Gasteiger partial charge is 0.322 e.